The number of hydrogen-bond acceptors (Lipinski definition) is 4. The smallest absolute Gasteiger partial charge is 0.415 e. The molecule has 0 aliphatic carbocycles. The van der Waals surface area contributed by atoms with Gasteiger partial charge in [0.1, 0.15) is 5.75 Å². The third-order valence-electron chi connectivity index (χ3n) is 4.79. The molecule has 1 aromatic rings. The molecule has 0 saturated carbocycles. The molecule has 1 aliphatic rings. The van der Waals surface area contributed by atoms with Gasteiger partial charge in [-0.3, -0.25) is 9.69 Å². The summed E-state index contributed by atoms with van der Waals surface area (Å²) in [4.78, 5) is 14.6. The summed E-state index contributed by atoms with van der Waals surface area (Å²) in [5, 5.41) is 13.3. The number of morpholine rings is 1. The second-order valence-electron chi connectivity index (χ2n) is 7.40. The molecule has 0 spiro atoms. The number of unbranched alkanes of at least 4 members (excludes halogenated alkanes) is 1. The van der Waals surface area contributed by atoms with Crippen LogP contribution in [0.2, 0.25) is 5.02 Å². The quantitative estimate of drug-likeness (QED) is 0.462. The molecule has 0 radical (unpaired) electrons. The first-order valence-electron chi connectivity index (χ1n) is 10.8. The second kappa shape index (κ2) is 14.1. The summed E-state index contributed by atoms with van der Waals surface area (Å²) in [6.07, 6.45) is 1.36. The van der Waals surface area contributed by atoms with Crippen LogP contribution < -0.4 is 5.32 Å². The van der Waals surface area contributed by atoms with Crippen LogP contribution in [0.15, 0.2) is 48.2 Å². The Kier molecular flexibility index (Phi) is 12.3. The zero-order chi connectivity index (χ0) is 25.0. The Morgan fingerprint density at radius 2 is 1.85 bits per heavy atom. The SMILES string of the molecule is C=C(/C=C\C(=C/C)NC(=O)c1cc(Cl)cc(CN2CCOCC2)c1O)C(F)(F)F.CCCC. The number of amides is 1. The van der Waals surface area contributed by atoms with E-state index in [0.29, 0.717) is 38.4 Å². The number of allylic oxidation sites excluding steroid dienone is 4. The molecule has 0 aromatic heterocycles. The van der Waals surface area contributed by atoms with Gasteiger partial charge in [-0.05, 0) is 31.2 Å². The van der Waals surface area contributed by atoms with Crippen LogP contribution in [0.1, 0.15) is 49.5 Å². The fourth-order valence-corrected chi connectivity index (χ4v) is 2.88. The Balaban J connectivity index is 0.00000125. The van der Waals surface area contributed by atoms with Gasteiger partial charge in [0.2, 0.25) is 0 Å². The Morgan fingerprint density at radius 1 is 1.24 bits per heavy atom. The topological polar surface area (TPSA) is 61.8 Å². The highest BCUT2D eigenvalue weighted by Crippen LogP contribution is 2.29. The molecule has 1 heterocycles. The molecular weight excluding hydrogens is 457 g/mol. The van der Waals surface area contributed by atoms with Gasteiger partial charge in [-0.15, -0.1) is 0 Å². The zero-order valence-corrected chi connectivity index (χ0v) is 20.0. The van der Waals surface area contributed by atoms with E-state index in [2.05, 4.69) is 30.6 Å². The molecule has 2 N–H and O–H groups in total. The van der Waals surface area contributed by atoms with Crippen molar-refractivity contribution >= 4 is 17.5 Å². The van der Waals surface area contributed by atoms with E-state index in [4.69, 9.17) is 16.3 Å². The number of halogens is 4. The van der Waals surface area contributed by atoms with Crippen LogP contribution >= 0.6 is 11.6 Å². The van der Waals surface area contributed by atoms with E-state index in [-0.39, 0.29) is 22.0 Å². The van der Waals surface area contributed by atoms with Crippen molar-refractivity contribution < 1.29 is 27.8 Å². The summed E-state index contributed by atoms with van der Waals surface area (Å²) in [7, 11) is 0. The maximum Gasteiger partial charge on any atom is 0.415 e. The predicted molar refractivity (Wildman–Crippen MR) is 125 cm³/mol. The van der Waals surface area contributed by atoms with E-state index in [9.17, 15) is 23.1 Å². The molecule has 1 aromatic carbocycles. The van der Waals surface area contributed by atoms with E-state index in [1.165, 1.54) is 25.0 Å². The fraction of sp³-hybridized carbons (Fsp3) is 0.458. The number of phenols is 1. The molecule has 9 heteroatoms. The normalized spacial score (nSPS) is 15.2. The van der Waals surface area contributed by atoms with E-state index in [0.717, 1.165) is 12.2 Å². The first-order chi connectivity index (χ1) is 15.5. The molecule has 33 heavy (non-hydrogen) atoms. The molecule has 2 rings (SSSR count). The minimum atomic E-state index is -4.56. The van der Waals surface area contributed by atoms with Crippen molar-refractivity contribution in [3.05, 3.63) is 64.4 Å². The average Bonchev–Trinajstić information content (AvgIpc) is 2.78. The summed E-state index contributed by atoms with van der Waals surface area (Å²) in [5.74, 6) is -0.916. The van der Waals surface area contributed by atoms with E-state index in [1.807, 2.05) is 0 Å². The molecule has 1 saturated heterocycles. The number of nitrogens with zero attached hydrogens (tertiary/aromatic N) is 1. The minimum absolute atomic E-state index is 0.0665. The first-order valence-corrected chi connectivity index (χ1v) is 11.1. The highest BCUT2D eigenvalue weighted by Gasteiger charge is 2.29. The lowest BCUT2D eigenvalue weighted by Gasteiger charge is -2.27. The standard InChI is InChI=1S/C20H22ClF3N2O3.C4H10/c1-3-16(5-4-13(2)20(22,23)24)25-19(28)17-11-15(21)10-14(18(17)27)12-26-6-8-29-9-7-26;1-3-4-2/h3-5,10-11,27H,2,6-9,12H2,1H3,(H,25,28);3-4H2,1-2H3/b5-4-,16-3+;. The Labute approximate surface area is 198 Å². The van der Waals surface area contributed by atoms with Crippen molar-refractivity contribution in [1.82, 2.24) is 10.2 Å². The number of aromatic hydroxyl groups is 1. The third-order valence-corrected chi connectivity index (χ3v) is 5.01. The zero-order valence-electron chi connectivity index (χ0n) is 19.3. The average molecular weight is 489 g/mol. The van der Waals surface area contributed by atoms with Gasteiger partial charge >= 0.3 is 6.18 Å². The van der Waals surface area contributed by atoms with Crippen molar-refractivity contribution in [3.8, 4) is 5.75 Å². The van der Waals surface area contributed by atoms with Crippen LogP contribution in [-0.2, 0) is 11.3 Å². The lowest BCUT2D eigenvalue weighted by molar-refractivity contribution is -0.0878. The Bertz CT molecular complexity index is 859. The van der Waals surface area contributed by atoms with Crippen molar-refractivity contribution in [2.24, 2.45) is 0 Å². The molecular formula is C24H32ClF3N2O3. The van der Waals surface area contributed by atoms with Crippen molar-refractivity contribution in [1.29, 1.82) is 0 Å². The van der Waals surface area contributed by atoms with Gasteiger partial charge in [0.05, 0.1) is 18.8 Å². The van der Waals surface area contributed by atoms with E-state index >= 15 is 0 Å². The molecule has 1 amide bonds. The maximum atomic E-state index is 12.6. The molecule has 0 atom stereocenters. The van der Waals surface area contributed by atoms with Crippen LogP contribution in [0.4, 0.5) is 13.2 Å². The highest BCUT2D eigenvalue weighted by molar-refractivity contribution is 6.31. The van der Waals surface area contributed by atoms with Crippen molar-refractivity contribution in [2.75, 3.05) is 26.3 Å². The van der Waals surface area contributed by atoms with Gasteiger partial charge in [0.25, 0.3) is 5.91 Å². The summed E-state index contributed by atoms with van der Waals surface area (Å²) < 4.78 is 42.9. The lowest BCUT2D eigenvalue weighted by Crippen LogP contribution is -2.35. The van der Waals surface area contributed by atoms with Gasteiger partial charge in [-0.1, -0.05) is 50.9 Å². The lowest BCUT2D eigenvalue weighted by atomic mass is 10.1. The maximum absolute atomic E-state index is 12.6. The number of phenolic OH excluding ortho intramolecular Hbond substituents is 1. The molecule has 1 fully saturated rings. The largest absolute Gasteiger partial charge is 0.507 e. The summed E-state index contributed by atoms with van der Waals surface area (Å²) in [5.41, 5.74) is -0.519. The summed E-state index contributed by atoms with van der Waals surface area (Å²) in [6, 6.07) is 2.88. The second-order valence-corrected chi connectivity index (χ2v) is 7.84. The number of carbonyl (C=O) groups excluding carboxylic acids is 1. The third kappa shape index (κ3) is 10.0. The number of ether oxygens (including phenoxy) is 1. The van der Waals surface area contributed by atoms with E-state index in [1.54, 1.807) is 13.0 Å². The molecule has 5 nitrogen and oxygen atoms in total. The molecule has 0 unspecified atom stereocenters. The van der Waals surface area contributed by atoms with Gasteiger partial charge < -0.3 is 15.2 Å². The Morgan fingerprint density at radius 3 is 2.36 bits per heavy atom. The molecule has 184 valence electrons. The van der Waals surface area contributed by atoms with Gasteiger partial charge in [-0.2, -0.15) is 13.2 Å². The number of carbonyl (C=O) groups is 1. The number of benzene rings is 1. The minimum Gasteiger partial charge on any atom is -0.507 e. The van der Waals surface area contributed by atoms with Gasteiger partial charge in [0, 0.05) is 41.5 Å². The van der Waals surface area contributed by atoms with Crippen LogP contribution in [0, 0.1) is 0 Å². The van der Waals surface area contributed by atoms with Crippen LogP contribution in [0.3, 0.4) is 0 Å². The van der Waals surface area contributed by atoms with E-state index < -0.39 is 17.7 Å². The predicted octanol–water partition coefficient (Wildman–Crippen LogP) is 5.99. The Hall–Kier alpha value is -2.29. The monoisotopic (exact) mass is 488 g/mol. The number of hydrogen-bond donors (Lipinski definition) is 2. The van der Waals surface area contributed by atoms with Crippen LogP contribution in [0.5, 0.6) is 5.75 Å². The van der Waals surface area contributed by atoms with Gasteiger partial charge in [0.15, 0.2) is 0 Å². The first kappa shape index (κ1) is 28.7. The van der Waals surface area contributed by atoms with Crippen LogP contribution in [0.25, 0.3) is 0 Å². The van der Waals surface area contributed by atoms with Gasteiger partial charge in [-0.25, -0.2) is 0 Å². The van der Waals surface area contributed by atoms with Crippen LogP contribution in [-0.4, -0.2) is 48.4 Å². The highest BCUT2D eigenvalue weighted by atomic mass is 35.5. The molecule has 0 bridgehead atoms. The molecule has 1 aliphatic heterocycles. The number of nitrogens with one attached hydrogen (secondary N) is 1. The van der Waals surface area contributed by atoms with Crippen molar-refractivity contribution in [3.63, 3.8) is 0 Å². The van der Waals surface area contributed by atoms with Crippen molar-refractivity contribution in [2.45, 2.75) is 46.3 Å². The fourth-order valence-electron chi connectivity index (χ4n) is 2.64. The number of rotatable bonds is 7. The summed E-state index contributed by atoms with van der Waals surface area (Å²) >= 11 is 6.11. The summed E-state index contributed by atoms with van der Waals surface area (Å²) in [6.45, 7) is 11.8. The number of alkyl halides is 3.